The van der Waals surface area contributed by atoms with Crippen molar-refractivity contribution in [2.24, 2.45) is 0 Å². The average Bonchev–Trinajstić information content (AvgIpc) is 2.66. The van der Waals surface area contributed by atoms with Crippen molar-refractivity contribution in [3.63, 3.8) is 0 Å². The van der Waals surface area contributed by atoms with Crippen LogP contribution in [0.2, 0.25) is 0 Å². The number of halogens is 2. The van der Waals surface area contributed by atoms with Gasteiger partial charge < -0.3 is 9.84 Å². The Labute approximate surface area is 149 Å². The van der Waals surface area contributed by atoms with Crippen molar-refractivity contribution in [1.29, 1.82) is 0 Å². The fourth-order valence-corrected chi connectivity index (χ4v) is 3.49. The Kier molecular flexibility index (Phi) is 4.53. The summed E-state index contributed by atoms with van der Waals surface area (Å²) in [5.74, 6) is -1.25. The highest BCUT2D eigenvalue weighted by molar-refractivity contribution is 5.85. The molecule has 0 spiro atoms. The summed E-state index contributed by atoms with van der Waals surface area (Å²) in [5, 5.41) is 11.6. The molecule has 0 radical (unpaired) electrons. The van der Waals surface area contributed by atoms with E-state index in [9.17, 15) is 13.9 Å². The maximum Gasteiger partial charge on any atom is 0.146 e. The van der Waals surface area contributed by atoms with E-state index < -0.39 is 17.7 Å². The van der Waals surface area contributed by atoms with Crippen molar-refractivity contribution in [3.05, 3.63) is 71.4 Å². The number of phenolic OH excluding ortho intramolecular Hbond substituents is 1. The first-order chi connectivity index (χ1) is 12.6. The number of benzene rings is 2. The van der Waals surface area contributed by atoms with E-state index in [1.807, 2.05) is 17.0 Å². The van der Waals surface area contributed by atoms with E-state index >= 15 is 0 Å². The maximum atomic E-state index is 14.6. The zero-order valence-corrected chi connectivity index (χ0v) is 14.0. The van der Waals surface area contributed by atoms with Gasteiger partial charge in [-0.25, -0.2) is 8.78 Å². The van der Waals surface area contributed by atoms with Gasteiger partial charge in [-0.1, -0.05) is 24.3 Å². The van der Waals surface area contributed by atoms with Gasteiger partial charge >= 0.3 is 0 Å². The highest BCUT2D eigenvalue weighted by Crippen LogP contribution is 2.39. The quantitative estimate of drug-likeness (QED) is 0.778. The van der Waals surface area contributed by atoms with E-state index in [2.05, 4.69) is 4.98 Å². The number of hydrogen-bond acceptors (Lipinski definition) is 4. The third-order valence-electron chi connectivity index (χ3n) is 4.74. The van der Waals surface area contributed by atoms with Gasteiger partial charge in [-0.05, 0) is 12.1 Å². The van der Waals surface area contributed by atoms with Crippen molar-refractivity contribution in [3.8, 4) is 5.75 Å². The number of phenols is 1. The molecule has 134 valence electrons. The van der Waals surface area contributed by atoms with E-state index in [4.69, 9.17) is 4.74 Å². The Bertz CT molecular complexity index is 942. The van der Waals surface area contributed by atoms with Crippen molar-refractivity contribution >= 4 is 10.9 Å². The van der Waals surface area contributed by atoms with E-state index in [1.165, 1.54) is 12.1 Å². The van der Waals surface area contributed by atoms with Crippen LogP contribution in [-0.4, -0.2) is 41.3 Å². The number of pyridine rings is 1. The zero-order chi connectivity index (χ0) is 18.1. The third kappa shape index (κ3) is 3.02. The summed E-state index contributed by atoms with van der Waals surface area (Å²) in [7, 11) is 0. The van der Waals surface area contributed by atoms with Crippen LogP contribution < -0.4 is 0 Å². The largest absolute Gasteiger partial charge is 0.505 e. The van der Waals surface area contributed by atoms with Gasteiger partial charge in [0.15, 0.2) is 0 Å². The van der Waals surface area contributed by atoms with Gasteiger partial charge in [-0.2, -0.15) is 0 Å². The summed E-state index contributed by atoms with van der Waals surface area (Å²) in [4.78, 5) is 6.28. The van der Waals surface area contributed by atoms with Gasteiger partial charge in [0.2, 0.25) is 0 Å². The van der Waals surface area contributed by atoms with Crippen LogP contribution in [0.1, 0.15) is 17.2 Å². The summed E-state index contributed by atoms with van der Waals surface area (Å²) >= 11 is 0. The van der Waals surface area contributed by atoms with Crippen molar-refractivity contribution in [2.75, 3.05) is 26.3 Å². The summed E-state index contributed by atoms with van der Waals surface area (Å²) in [5.41, 5.74) is 1.33. The number of nitrogens with zero attached hydrogens (tertiary/aromatic N) is 2. The molecular weight excluding hydrogens is 338 g/mol. The molecule has 1 N–H and O–H groups in total. The summed E-state index contributed by atoms with van der Waals surface area (Å²) in [6.07, 6.45) is 1.61. The molecule has 1 fully saturated rings. The lowest BCUT2D eigenvalue weighted by Gasteiger charge is -2.35. The molecule has 6 heteroatoms. The molecule has 0 amide bonds. The lowest BCUT2D eigenvalue weighted by molar-refractivity contribution is 0.0230. The zero-order valence-electron chi connectivity index (χ0n) is 14.0. The molecule has 1 atom stereocenters. The number of aromatic hydroxyl groups is 1. The lowest BCUT2D eigenvalue weighted by Crippen LogP contribution is -2.39. The van der Waals surface area contributed by atoms with Crippen LogP contribution in [0.4, 0.5) is 8.78 Å². The fourth-order valence-electron chi connectivity index (χ4n) is 3.49. The lowest BCUT2D eigenvalue weighted by atomic mass is 9.94. The van der Waals surface area contributed by atoms with Crippen LogP contribution in [0.5, 0.6) is 5.75 Å². The summed E-state index contributed by atoms with van der Waals surface area (Å²) < 4.78 is 33.4. The van der Waals surface area contributed by atoms with Crippen molar-refractivity contribution in [1.82, 2.24) is 9.88 Å². The van der Waals surface area contributed by atoms with Crippen LogP contribution in [-0.2, 0) is 4.74 Å². The molecule has 0 aliphatic carbocycles. The number of morpholine rings is 1. The Morgan fingerprint density at radius 2 is 1.81 bits per heavy atom. The standard InChI is InChI=1S/C20H18F2N2O2/c21-14-4-6-15(17(22)12-14)19(24-8-10-26-11-9-24)16-5-3-13-2-1-7-23-18(13)20(16)25/h1-7,12,19,25H,8-11H2. The van der Waals surface area contributed by atoms with Gasteiger partial charge in [0.1, 0.15) is 22.9 Å². The molecule has 0 saturated carbocycles. The highest BCUT2D eigenvalue weighted by Gasteiger charge is 2.29. The molecule has 4 rings (SSSR count). The smallest absolute Gasteiger partial charge is 0.146 e. The topological polar surface area (TPSA) is 45.6 Å². The van der Waals surface area contributed by atoms with Crippen molar-refractivity contribution < 1.29 is 18.6 Å². The molecule has 1 aliphatic rings. The summed E-state index contributed by atoms with van der Waals surface area (Å²) in [6.45, 7) is 2.21. The third-order valence-corrected chi connectivity index (χ3v) is 4.74. The molecule has 3 aromatic rings. The number of fused-ring (bicyclic) bond motifs is 1. The molecule has 2 heterocycles. The average molecular weight is 356 g/mol. The van der Waals surface area contributed by atoms with Crippen LogP contribution in [0.25, 0.3) is 10.9 Å². The van der Waals surface area contributed by atoms with Crippen LogP contribution in [0.15, 0.2) is 48.7 Å². The minimum Gasteiger partial charge on any atom is -0.505 e. The molecule has 0 bridgehead atoms. The second-order valence-corrected chi connectivity index (χ2v) is 6.30. The molecule has 1 unspecified atom stereocenters. The maximum absolute atomic E-state index is 14.6. The minimum atomic E-state index is -0.637. The molecule has 2 aromatic carbocycles. The molecule has 1 aromatic heterocycles. The predicted octanol–water partition coefficient (Wildman–Crippen LogP) is 3.64. The van der Waals surface area contributed by atoms with Gasteiger partial charge in [0.25, 0.3) is 0 Å². The second kappa shape index (κ2) is 6.97. The molecular formula is C20H18F2N2O2. The van der Waals surface area contributed by atoms with Crippen molar-refractivity contribution in [2.45, 2.75) is 6.04 Å². The van der Waals surface area contributed by atoms with Crippen LogP contribution >= 0.6 is 0 Å². The number of ether oxygens (including phenoxy) is 1. The second-order valence-electron chi connectivity index (χ2n) is 6.30. The number of rotatable bonds is 3. The van der Waals surface area contributed by atoms with E-state index in [0.717, 1.165) is 11.5 Å². The predicted molar refractivity (Wildman–Crippen MR) is 94.0 cm³/mol. The van der Waals surface area contributed by atoms with Gasteiger partial charge in [-0.3, -0.25) is 9.88 Å². The SMILES string of the molecule is Oc1c(C(c2ccc(F)cc2F)N2CCOCC2)ccc2cccnc12. The molecule has 1 aliphatic heterocycles. The first kappa shape index (κ1) is 16.9. The monoisotopic (exact) mass is 356 g/mol. The van der Waals surface area contributed by atoms with Gasteiger partial charge in [0.05, 0.1) is 19.3 Å². The summed E-state index contributed by atoms with van der Waals surface area (Å²) in [6, 6.07) is 10.3. The van der Waals surface area contributed by atoms with E-state index in [1.54, 1.807) is 18.3 Å². The van der Waals surface area contributed by atoms with E-state index in [0.29, 0.717) is 42.9 Å². The first-order valence-corrected chi connectivity index (χ1v) is 8.48. The molecule has 1 saturated heterocycles. The molecule has 4 nitrogen and oxygen atoms in total. The molecule has 26 heavy (non-hydrogen) atoms. The highest BCUT2D eigenvalue weighted by atomic mass is 19.1. The first-order valence-electron chi connectivity index (χ1n) is 8.48. The number of hydrogen-bond donors (Lipinski definition) is 1. The normalized spacial score (nSPS) is 16.7. The van der Waals surface area contributed by atoms with Crippen LogP contribution in [0, 0.1) is 11.6 Å². The minimum absolute atomic E-state index is 0.0170. The Morgan fingerprint density at radius 3 is 2.58 bits per heavy atom. The Balaban J connectivity index is 1.89. The Hall–Kier alpha value is -2.57. The van der Waals surface area contributed by atoms with Crippen LogP contribution in [0.3, 0.4) is 0 Å². The van der Waals surface area contributed by atoms with E-state index in [-0.39, 0.29) is 5.75 Å². The Morgan fingerprint density at radius 1 is 1.04 bits per heavy atom. The van der Waals surface area contributed by atoms with Gasteiger partial charge in [-0.15, -0.1) is 0 Å². The van der Waals surface area contributed by atoms with Gasteiger partial charge in [0, 0.05) is 41.9 Å². The fraction of sp³-hybridized carbons (Fsp3) is 0.250. The number of aromatic nitrogens is 1.